The van der Waals surface area contributed by atoms with Crippen LogP contribution in [0.4, 0.5) is 0 Å². The lowest BCUT2D eigenvalue weighted by atomic mass is 10.2. The topological polar surface area (TPSA) is 79.8 Å². The Hall–Kier alpha value is -1.81. The minimum atomic E-state index is -2.92. The maximum Gasteiger partial charge on any atom is 0.191 e. The van der Waals surface area contributed by atoms with Crippen LogP contribution in [0.25, 0.3) is 0 Å². The molecule has 1 unspecified atom stereocenters. The maximum absolute atomic E-state index is 11.6. The molecule has 8 heteroatoms. The Labute approximate surface area is 190 Å². The van der Waals surface area contributed by atoms with E-state index in [1.807, 2.05) is 61.5 Å². The summed E-state index contributed by atoms with van der Waals surface area (Å²) in [7, 11) is -2.92. The monoisotopic (exact) mass is 529 g/mol. The fourth-order valence-electron chi connectivity index (χ4n) is 3.07. The average Bonchev–Trinajstić information content (AvgIpc) is 3.04. The Balaban J connectivity index is 0.00000300. The van der Waals surface area contributed by atoms with Crippen molar-refractivity contribution in [2.75, 3.05) is 18.1 Å². The second-order valence-corrected chi connectivity index (χ2v) is 9.09. The number of guanidine groups is 1. The molecule has 0 aromatic heterocycles. The zero-order chi connectivity index (χ0) is 19.8. The molecule has 29 heavy (non-hydrogen) atoms. The molecule has 1 saturated heterocycles. The normalized spacial score (nSPS) is 18.0. The summed E-state index contributed by atoms with van der Waals surface area (Å²) in [5.41, 5.74) is 2.15. The molecule has 1 atom stereocenters. The van der Waals surface area contributed by atoms with Gasteiger partial charge >= 0.3 is 0 Å². The lowest BCUT2D eigenvalue weighted by molar-refractivity contribution is 0.306. The maximum atomic E-state index is 11.6. The van der Waals surface area contributed by atoms with E-state index in [9.17, 15) is 8.42 Å². The molecule has 0 aliphatic carbocycles. The summed E-state index contributed by atoms with van der Waals surface area (Å²) in [6, 6.07) is 17.8. The molecule has 1 fully saturated rings. The van der Waals surface area contributed by atoms with Gasteiger partial charge in [0.2, 0.25) is 0 Å². The molecule has 1 aliphatic heterocycles. The molecular weight excluding hydrogens is 501 g/mol. The second kappa shape index (κ2) is 11.4. The van der Waals surface area contributed by atoms with Crippen LogP contribution in [-0.2, 0) is 23.0 Å². The Kier molecular flexibility index (Phi) is 9.22. The molecule has 2 N–H and O–H groups in total. The number of sulfone groups is 1. The summed E-state index contributed by atoms with van der Waals surface area (Å²) >= 11 is 0. The van der Waals surface area contributed by atoms with Crippen LogP contribution in [0.5, 0.6) is 5.75 Å². The van der Waals surface area contributed by atoms with E-state index >= 15 is 0 Å². The highest BCUT2D eigenvalue weighted by molar-refractivity contribution is 14.0. The minimum absolute atomic E-state index is 0. The van der Waals surface area contributed by atoms with Gasteiger partial charge in [-0.2, -0.15) is 0 Å². The van der Waals surface area contributed by atoms with Crippen LogP contribution in [0.1, 0.15) is 24.5 Å². The highest BCUT2D eigenvalue weighted by Gasteiger charge is 2.28. The van der Waals surface area contributed by atoms with Gasteiger partial charge in [0.05, 0.1) is 18.1 Å². The molecule has 1 heterocycles. The average molecular weight is 529 g/mol. The Bertz CT molecular complexity index is 904. The number of rotatable bonds is 7. The van der Waals surface area contributed by atoms with Gasteiger partial charge in [-0.1, -0.05) is 42.5 Å². The summed E-state index contributed by atoms with van der Waals surface area (Å²) < 4.78 is 29.2. The molecule has 0 saturated carbocycles. The summed E-state index contributed by atoms with van der Waals surface area (Å²) in [5.74, 6) is 1.85. The Morgan fingerprint density at radius 3 is 2.59 bits per heavy atom. The molecule has 0 amide bonds. The number of ether oxygens (including phenoxy) is 1. The van der Waals surface area contributed by atoms with Crippen molar-refractivity contribution in [3.63, 3.8) is 0 Å². The van der Waals surface area contributed by atoms with Crippen LogP contribution in [0.15, 0.2) is 59.6 Å². The molecule has 0 radical (unpaired) electrons. The van der Waals surface area contributed by atoms with Gasteiger partial charge in [-0.25, -0.2) is 13.4 Å². The van der Waals surface area contributed by atoms with E-state index in [0.717, 1.165) is 16.9 Å². The van der Waals surface area contributed by atoms with Crippen molar-refractivity contribution in [1.82, 2.24) is 10.6 Å². The van der Waals surface area contributed by atoms with E-state index in [-0.39, 0.29) is 41.5 Å². The van der Waals surface area contributed by atoms with E-state index < -0.39 is 9.84 Å². The first kappa shape index (κ1) is 23.5. The van der Waals surface area contributed by atoms with Gasteiger partial charge in [-0.15, -0.1) is 24.0 Å². The van der Waals surface area contributed by atoms with E-state index in [4.69, 9.17) is 4.74 Å². The van der Waals surface area contributed by atoms with Crippen molar-refractivity contribution in [2.24, 2.45) is 4.99 Å². The highest BCUT2D eigenvalue weighted by atomic mass is 127. The molecule has 158 valence electrons. The fraction of sp³-hybridized carbons (Fsp3) is 0.381. The minimum Gasteiger partial charge on any atom is -0.489 e. The van der Waals surface area contributed by atoms with Crippen LogP contribution < -0.4 is 15.4 Å². The lowest BCUT2D eigenvalue weighted by Crippen LogP contribution is -2.44. The number of aliphatic imine (C=N–C) groups is 1. The summed E-state index contributed by atoms with van der Waals surface area (Å²) in [4.78, 5) is 4.60. The second-order valence-electron chi connectivity index (χ2n) is 6.86. The third kappa shape index (κ3) is 7.85. The van der Waals surface area contributed by atoms with E-state index in [0.29, 0.717) is 32.1 Å². The van der Waals surface area contributed by atoms with Gasteiger partial charge in [0.15, 0.2) is 15.8 Å². The predicted octanol–water partition coefficient (Wildman–Crippen LogP) is 3.13. The first-order chi connectivity index (χ1) is 13.5. The standard InChI is InChI=1S/C21H27N3O3S.HI/c1-2-22-21(24-19-11-12-28(25,26)16-19)23-14-18-9-6-10-20(13-18)27-15-17-7-4-3-5-8-17;/h3-10,13,19H,2,11-12,14-16H2,1H3,(H2,22,23,24);1H. The van der Waals surface area contributed by atoms with Crippen molar-refractivity contribution in [3.05, 3.63) is 65.7 Å². The van der Waals surface area contributed by atoms with E-state index in [1.165, 1.54) is 0 Å². The zero-order valence-corrected chi connectivity index (χ0v) is 19.7. The summed E-state index contributed by atoms with van der Waals surface area (Å²) in [6.45, 7) is 3.71. The van der Waals surface area contributed by atoms with Gasteiger partial charge in [0.25, 0.3) is 0 Å². The van der Waals surface area contributed by atoms with Crippen molar-refractivity contribution in [1.29, 1.82) is 0 Å². The molecule has 3 rings (SSSR count). The van der Waals surface area contributed by atoms with Crippen LogP contribution in [-0.4, -0.2) is 38.5 Å². The molecule has 1 aliphatic rings. The van der Waals surface area contributed by atoms with Crippen LogP contribution in [0.3, 0.4) is 0 Å². The van der Waals surface area contributed by atoms with Crippen molar-refractivity contribution in [3.8, 4) is 5.75 Å². The van der Waals surface area contributed by atoms with Gasteiger partial charge in [-0.05, 0) is 36.6 Å². The first-order valence-electron chi connectivity index (χ1n) is 9.55. The Morgan fingerprint density at radius 2 is 1.90 bits per heavy atom. The number of hydrogen-bond acceptors (Lipinski definition) is 4. The van der Waals surface area contributed by atoms with Crippen LogP contribution >= 0.6 is 24.0 Å². The SMILES string of the molecule is CCNC(=NCc1cccc(OCc2ccccc2)c1)NC1CCS(=O)(=O)C1.I. The summed E-state index contributed by atoms with van der Waals surface area (Å²) in [6.07, 6.45) is 0.621. The van der Waals surface area contributed by atoms with Crippen molar-refractivity contribution in [2.45, 2.75) is 32.5 Å². The molecule has 6 nitrogen and oxygen atoms in total. The van der Waals surface area contributed by atoms with Crippen molar-refractivity contribution >= 4 is 39.8 Å². The number of nitrogens with zero attached hydrogens (tertiary/aromatic N) is 1. The number of benzene rings is 2. The van der Waals surface area contributed by atoms with Gasteiger partial charge in [0, 0.05) is 12.6 Å². The Morgan fingerprint density at radius 1 is 1.14 bits per heavy atom. The molecular formula is C21H28IN3O3S. The quantitative estimate of drug-likeness (QED) is 0.328. The lowest BCUT2D eigenvalue weighted by Gasteiger charge is -2.16. The van der Waals surface area contributed by atoms with Crippen molar-refractivity contribution < 1.29 is 13.2 Å². The van der Waals surface area contributed by atoms with E-state index in [2.05, 4.69) is 15.6 Å². The van der Waals surface area contributed by atoms with Gasteiger partial charge in [-0.3, -0.25) is 0 Å². The van der Waals surface area contributed by atoms with Gasteiger partial charge < -0.3 is 15.4 Å². The molecule has 2 aromatic rings. The highest BCUT2D eigenvalue weighted by Crippen LogP contribution is 2.16. The first-order valence-corrected chi connectivity index (χ1v) is 11.4. The molecule has 2 aromatic carbocycles. The summed E-state index contributed by atoms with van der Waals surface area (Å²) in [5, 5.41) is 6.41. The largest absolute Gasteiger partial charge is 0.489 e. The third-order valence-electron chi connectivity index (χ3n) is 4.48. The number of nitrogens with one attached hydrogen (secondary N) is 2. The molecule has 0 spiro atoms. The zero-order valence-electron chi connectivity index (χ0n) is 16.5. The third-order valence-corrected chi connectivity index (χ3v) is 6.25. The fourth-order valence-corrected chi connectivity index (χ4v) is 4.74. The smallest absolute Gasteiger partial charge is 0.191 e. The van der Waals surface area contributed by atoms with Crippen LogP contribution in [0.2, 0.25) is 0 Å². The van der Waals surface area contributed by atoms with Gasteiger partial charge in [0.1, 0.15) is 12.4 Å². The number of hydrogen-bond donors (Lipinski definition) is 2. The predicted molar refractivity (Wildman–Crippen MR) is 128 cm³/mol. The molecule has 0 bridgehead atoms. The number of halogens is 1. The van der Waals surface area contributed by atoms with Crippen LogP contribution in [0, 0.1) is 0 Å². The van der Waals surface area contributed by atoms with E-state index in [1.54, 1.807) is 0 Å².